The van der Waals surface area contributed by atoms with Gasteiger partial charge in [-0.1, -0.05) is 24.3 Å². The first kappa shape index (κ1) is 15.6. The van der Waals surface area contributed by atoms with Gasteiger partial charge in [0, 0.05) is 25.4 Å². The van der Waals surface area contributed by atoms with E-state index in [0.717, 1.165) is 24.0 Å². The van der Waals surface area contributed by atoms with Gasteiger partial charge in [-0.3, -0.25) is 4.68 Å². The Kier molecular flexibility index (Phi) is 4.34. The maximum Gasteiger partial charge on any atom is 0.315 e. The van der Waals surface area contributed by atoms with E-state index in [9.17, 15) is 9.90 Å². The van der Waals surface area contributed by atoms with Crippen LogP contribution in [0.4, 0.5) is 4.79 Å². The summed E-state index contributed by atoms with van der Waals surface area (Å²) in [6.45, 7) is 0.623. The van der Waals surface area contributed by atoms with Gasteiger partial charge in [-0.25, -0.2) is 4.79 Å². The van der Waals surface area contributed by atoms with E-state index in [2.05, 4.69) is 15.7 Å². The number of aromatic nitrogens is 2. The van der Waals surface area contributed by atoms with Crippen molar-refractivity contribution in [1.82, 2.24) is 20.4 Å². The fraction of sp³-hybridized carbons (Fsp3) is 0.412. The van der Waals surface area contributed by atoms with E-state index in [1.165, 1.54) is 5.56 Å². The number of aliphatic hydroxyl groups is 1. The van der Waals surface area contributed by atoms with Crippen molar-refractivity contribution >= 4 is 6.03 Å². The van der Waals surface area contributed by atoms with Crippen LogP contribution in [-0.2, 0) is 25.6 Å². The Balaban J connectivity index is 1.56. The minimum atomic E-state index is -0.986. The third-order valence-corrected chi connectivity index (χ3v) is 4.31. The number of fused-ring (bicyclic) bond motifs is 1. The number of aryl methyl sites for hydroxylation is 2. The lowest BCUT2D eigenvalue weighted by Gasteiger charge is -2.34. The van der Waals surface area contributed by atoms with E-state index in [0.29, 0.717) is 13.0 Å². The van der Waals surface area contributed by atoms with Gasteiger partial charge in [-0.2, -0.15) is 5.10 Å². The van der Waals surface area contributed by atoms with Gasteiger partial charge >= 0.3 is 6.03 Å². The molecule has 1 unspecified atom stereocenters. The number of hydrogen-bond acceptors (Lipinski definition) is 3. The van der Waals surface area contributed by atoms with Crippen molar-refractivity contribution in [2.45, 2.75) is 31.4 Å². The van der Waals surface area contributed by atoms with Crippen LogP contribution in [0.25, 0.3) is 0 Å². The number of rotatable bonds is 4. The van der Waals surface area contributed by atoms with Crippen molar-refractivity contribution in [3.63, 3.8) is 0 Å². The summed E-state index contributed by atoms with van der Waals surface area (Å²) in [4.78, 5) is 12.0. The summed E-state index contributed by atoms with van der Waals surface area (Å²) in [5.41, 5.74) is 2.04. The zero-order chi connectivity index (χ0) is 16.3. The highest BCUT2D eigenvalue weighted by Gasteiger charge is 2.34. The van der Waals surface area contributed by atoms with Crippen molar-refractivity contribution in [3.8, 4) is 0 Å². The molecule has 6 nitrogen and oxygen atoms in total. The molecule has 1 atom stereocenters. The summed E-state index contributed by atoms with van der Waals surface area (Å²) < 4.78 is 1.69. The highest BCUT2D eigenvalue weighted by Crippen LogP contribution is 2.34. The highest BCUT2D eigenvalue weighted by atomic mass is 16.3. The number of nitrogens with zero attached hydrogens (tertiary/aromatic N) is 2. The molecule has 0 saturated carbocycles. The smallest absolute Gasteiger partial charge is 0.315 e. The molecule has 0 aliphatic heterocycles. The van der Waals surface area contributed by atoms with Crippen molar-refractivity contribution < 1.29 is 9.90 Å². The van der Waals surface area contributed by atoms with Crippen LogP contribution in [0, 0.1) is 0 Å². The number of urea groups is 1. The van der Waals surface area contributed by atoms with Crippen LogP contribution in [0.3, 0.4) is 0 Å². The molecule has 0 fully saturated rings. The van der Waals surface area contributed by atoms with E-state index >= 15 is 0 Å². The number of hydrogen-bond donors (Lipinski definition) is 3. The number of nitrogens with one attached hydrogen (secondary N) is 2. The van der Waals surface area contributed by atoms with E-state index < -0.39 is 5.60 Å². The van der Waals surface area contributed by atoms with Crippen molar-refractivity contribution in [2.75, 3.05) is 6.54 Å². The van der Waals surface area contributed by atoms with Crippen LogP contribution in [0.2, 0.25) is 0 Å². The highest BCUT2D eigenvalue weighted by molar-refractivity contribution is 5.73. The van der Waals surface area contributed by atoms with Crippen molar-refractivity contribution in [3.05, 3.63) is 53.3 Å². The molecular weight excluding hydrogens is 292 g/mol. The lowest BCUT2D eigenvalue weighted by molar-refractivity contribution is 0.0217. The van der Waals surface area contributed by atoms with Gasteiger partial charge in [0.05, 0.1) is 12.7 Å². The maximum atomic E-state index is 12.0. The topological polar surface area (TPSA) is 79.2 Å². The third kappa shape index (κ3) is 3.53. The lowest BCUT2D eigenvalue weighted by Crippen LogP contribution is -2.46. The minimum Gasteiger partial charge on any atom is -0.383 e. The standard InChI is InChI=1S/C17H22N4O2/c1-21-11-13(10-20-21)9-18-16(22)19-12-17(23)8-4-6-14-5-2-3-7-15(14)17/h2-3,5,7,10-11,23H,4,6,8-9,12H2,1H3,(H2,18,19,22). The second kappa shape index (κ2) is 6.42. The fourth-order valence-corrected chi connectivity index (χ4v) is 3.12. The summed E-state index contributed by atoms with van der Waals surface area (Å²) in [5.74, 6) is 0. The zero-order valence-electron chi connectivity index (χ0n) is 13.2. The Hall–Kier alpha value is -2.34. The molecule has 23 heavy (non-hydrogen) atoms. The Labute approximate surface area is 135 Å². The van der Waals surface area contributed by atoms with Gasteiger partial charge in [-0.05, 0) is 30.4 Å². The fourth-order valence-electron chi connectivity index (χ4n) is 3.12. The molecule has 6 heteroatoms. The Morgan fingerprint density at radius 2 is 2.22 bits per heavy atom. The van der Waals surface area contributed by atoms with Crippen LogP contribution < -0.4 is 10.6 Å². The van der Waals surface area contributed by atoms with Crippen LogP contribution in [0.5, 0.6) is 0 Å². The second-order valence-electron chi connectivity index (χ2n) is 6.10. The number of benzene rings is 1. The first-order chi connectivity index (χ1) is 11.1. The molecule has 0 bridgehead atoms. The SMILES string of the molecule is Cn1cc(CNC(=O)NCC2(O)CCCc3ccccc32)cn1. The average Bonchev–Trinajstić information content (AvgIpc) is 2.97. The predicted octanol–water partition coefficient (Wildman–Crippen LogP) is 1.44. The lowest BCUT2D eigenvalue weighted by atomic mass is 9.79. The molecular formula is C17H22N4O2. The zero-order valence-corrected chi connectivity index (χ0v) is 13.2. The molecule has 3 rings (SSSR count). The Morgan fingerprint density at radius 1 is 1.39 bits per heavy atom. The third-order valence-electron chi connectivity index (χ3n) is 4.31. The summed E-state index contributed by atoms with van der Waals surface area (Å²) in [6, 6.07) is 7.62. The number of amides is 2. The molecule has 1 aliphatic carbocycles. The number of carbonyl (C=O) groups excluding carboxylic acids is 1. The normalized spacial score (nSPS) is 19.9. The Bertz CT molecular complexity index is 697. The summed E-state index contributed by atoms with van der Waals surface area (Å²) in [5, 5.41) is 20.5. The quantitative estimate of drug-likeness (QED) is 0.799. The van der Waals surface area contributed by atoms with E-state index in [-0.39, 0.29) is 12.6 Å². The van der Waals surface area contributed by atoms with Crippen molar-refractivity contribution in [2.24, 2.45) is 7.05 Å². The summed E-state index contributed by atoms with van der Waals surface area (Å²) in [7, 11) is 1.83. The van der Waals surface area contributed by atoms with Crippen LogP contribution in [0.1, 0.15) is 29.5 Å². The molecule has 1 aromatic heterocycles. The van der Waals surface area contributed by atoms with Crippen LogP contribution in [-0.4, -0.2) is 27.5 Å². The van der Waals surface area contributed by atoms with Crippen molar-refractivity contribution in [1.29, 1.82) is 0 Å². The monoisotopic (exact) mass is 314 g/mol. The first-order valence-corrected chi connectivity index (χ1v) is 7.87. The van der Waals surface area contributed by atoms with Crippen LogP contribution in [0.15, 0.2) is 36.7 Å². The average molecular weight is 314 g/mol. The molecule has 2 aromatic rings. The molecule has 122 valence electrons. The second-order valence-corrected chi connectivity index (χ2v) is 6.10. The van der Waals surface area contributed by atoms with E-state index in [1.807, 2.05) is 37.5 Å². The predicted molar refractivity (Wildman–Crippen MR) is 86.7 cm³/mol. The molecule has 0 spiro atoms. The van der Waals surface area contributed by atoms with Gasteiger partial charge in [-0.15, -0.1) is 0 Å². The first-order valence-electron chi connectivity index (χ1n) is 7.87. The molecule has 1 aliphatic rings. The van der Waals surface area contributed by atoms with Gasteiger partial charge in [0.2, 0.25) is 0 Å². The van der Waals surface area contributed by atoms with Gasteiger partial charge in [0.1, 0.15) is 5.60 Å². The van der Waals surface area contributed by atoms with Gasteiger partial charge in [0.25, 0.3) is 0 Å². The molecule has 2 amide bonds. The molecule has 0 radical (unpaired) electrons. The van der Waals surface area contributed by atoms with Crippen LogP contribution >= 0.6 is 0 Å². The molecule has 3 N–H and O–H groups in total. The molecule has 0 saturated heterocycles. The Morgan fingerprint density at radius 3 is 3.00 bits per heavy atom. The van der Waals surface area contributed by atoms with Gasteiger partial charge in [0.15, 0.2) is 0 Å². The molecule has 1 aromatic carbocycles. The van der Waals surface area contributed by atoms with Gasteiger partial charge < -0.3 is 15.7 Å². The summed E-state index contributed by atoms with van der Waals surface area (Å²) in [6.07, 6.45) is 6.13. The number of carbonyl (C=O) groups is 1. The molecule has 1 heterocycles. The minimum absolute atomic E-state index is 0.211. The summed E-state index contributed by atoms with van der Waals surface area (Å²) >= 11 is 0. The largest absolute Gasteiger partial charge is 0.383 e. The maximum absolute atomic E-state index is 12.0. The van der Waals surface area contributed by atoms with E-state index in [4.69, 9.17) is 0 Å². The van der Waals surface area contributed by atoms with E-state index in [1.54, 1.807) is 10.9 Å².